The Balaban J connectivity index is 1.88. The first-order chi connectivity index (χ1) is 13.8. The molecule has 0 spiro atoms. The molecule has 3 rings (SSSR count). The summed E-state index contributed by atoms with van der Waals surface area (Å²) in [6.45, 7) is -1.34. The predicted molar refractivity (Wildman–Crippen MR) is 102 cm³/mol. The summed E-state index contributed by atoms with van der Waals surface area (Å²) >= 11 is 0. The molecule has 0 aliphatic heterocycles. The number of rotatable bonds is 7. The number of imidazole rings is 1. The fourth-order valence-electron chi connectivity index (χ4n) is 2.87. The van der Waals surface area contributed by atoms with Gasteiger partial charge in [0.2, 0.25) is 10.0 Å². The fourth-order valence-corrected chi connectivity index (χ4v) is 3.99. The second kappa shape index (κ2) is 8.26. The van der Waals surface area contributed by atoms with Crippen molar-refractivity contribution in [3.63, 3.8) is 0 Å². The van der Waals surface area contributed by atoms with Crippen molar-refractivity contribution >= 4 is 27.0 Å². The molecule has 3 aromatic rings. The minimum absolute atomic E-state index is 0.0737. The monoisotopic (exact) mass is 423 g/mol. The van der Waals surface area contributed by atoms with Crippen LogP contribution in [0.5, 0.6) is 0 Å². The molecule has 0 amide bonds. The van der Waals surface area contributed by atoms with Crippen LogP contribution in [-0.2, 0) is 21.3 Å². The van der Waals surface area contributed by atoms with Gasteiger partial charge in [-0.25, -0.2) is 18.2 Å². The highest BCUT2D eigenvalue weighted by Crippen LogP contribution is 2.25. The summed E-state index contributed by atoms with van der Waals surface area (Å²) in [7, 11) is -2.71. The van der Waals surface area contributed by atoms with Gasteiger partial charge in [0.1, 0.15) is 5.82 Å². The number of fused-ring (bicyclic) bond motifs is 1. The first-order valence-electron chi connectivity index (χ1n) is 8.73. The zero-order valence-corrected chi connectivity index (χ0v) is 16.6. The van der Waals surface area contributed by atoms with E-state index in [-0.39, 0.29) is 35.0 Å². The van der Waals surface area contributed by atoms with Crippen LogP contribution >= 0.6 is 0 Å². The predicted octanol–water partition coefficient (Wildman–Crippen LogP) is 3.43. The molecule has 0 aliphatic carbocycles. The van der Waals surface area contributed by atoms with E-state index in [1.54, 1.807) is 25.1 Å². The van der Waals surface area contributed by atoms with Gasteiger partial charge in [0.25, 0.3) is 0 Å². The van der Waals surface area contributed by atoms with Crippen LogP contribution in [0.4, 0.5) is 8.78 Å². The van der Waals surface area contributed by atoms with Gasteiger partial charge in [-0.15, -0.1) is 0 Å². The summed E-state index contributed by atoms with van der Waals surface area (Å²) in [5, 5.41) is 0. The van der Waals surface area contributed by atoms with Crippen molar-refractivity contribution < 1.29 is 26.7 Å². The number of carbonyl (C=O) groups excluding carboxylic acids is 1. The minimum atomic E-state index is -3.99. The Bertz CT molecular complexity index is 1130. The number of esters is 1. The van der Waals surface area contributed by atoms with E-state index in [1.165, 1.54) is 37.4 Å². The Hall–Kier alpha value is -2.85. The van der Waals surface area contributed by atoms with Crippen LogP contribution in [-0.4, -0.2) is 41.9 Å². The molecule has 154 valence electrons. The van der Waals surface area contributed by atoms with E-state index in [9.17, 15) is 22.0 Å². The van der Waals surface area contributed by atoms with Crippen LogP contribution in [0.2, 0.25) is 0 Å². The number of alkyl halides is 2. The van der Waals surface area contributed by atoms with Crippen LogP contribution in [0.25, 0.3) is 11.0 Å². The average Bonchev–Trinajstić information content (AvgIpc) is 3.06. The number of benzene rings is 2. The Kier molecular flexibility index (Phi) is 5.94. The maximum Gasteiger partial charge on any atom is 0.338 e. The summed E-state index contributed by atoms with van der Waals surface area (Å²) in [5.41, 5.74) is 0.794. The summed E-state index contributed by atoms with van der Waals surface area (Å²) in [6, 6.07) is 11.6. The second-order valence-corrected chi connectivity index (χ2v) is 8.22. The van der Waals surface area contributed by atoms with Crippen molar-refractivity contribution in [2.75, 3.05) is 13.7 Å². The number of ether oxygens (including phenoxy) is 1. The lowest BCUT2D eigenvalue weighted by molar-refractivity contribution is 0.0526. The average molecular weight is 423 g/mol. The van der Waals surface area contributed by atoms with Crippen LogP contribution in [0.3, 0.4) is 0 Å². The Morgan fingerprint density at radius 2 is 1.83 bits per heavy atom. The van der Waals surface area contributed by atoms with Crippen LogP contribution < -0.4 is 0 Å². The zero-order valence-electron chi connectivity index (χ0n) is 15.7. The van der Waals surface area contributed by atoms with Crippen molar-refractivity contribution in [2.24, 2.45) is 0 Å². The molecule has 7 nitrogen and oxygen atoms in total. The number of halogens is 2. The van der Waals surface area contributed by atoms with E-state index >= 15 is 0 Å². The number of carbonyl (C=O) groups is 1. The molecule has 10 heteroatoms. The van der Waals surface area contributed by atoms with E-state index in [0.29, 0.717) is 10.1 Å². The van der Waals surface area contributed by atoms with Crippen molar-refractivity contribution in [1.82, 2.24) is 13.9 Å². The third kappa shape index (κ3) is 4.13. The molecule has 0 fully saturated rings. The molecule has 2 aromatic carbocycles. The first kappa shape index (κ1) is 20.9. The number of aromatic nitrogens is 2. The SMILES string of the molecule is CCOC(=O)c1ccc(S(=O)(=O)N(C)Cc2nc3ccccc3n2C(F)F)cc1. The van der Waals surface area contributed by atoms with Gasteiger partial charge < -0.3 is 4.74 Å². The highest BCUT2D eigenvalue weighted by Gasteiger charge is 2.25. The smallest absolute Gasteiger partial charge is 0.338 e. The second-order valence-electron chi connectivity index (χ2n) is 6.17. The number of para-hydroxylation sites is 2. The molecule has 1 heterocycles. The van der Waals surface area contributed by atoms with Crippen molar-refractivity contribution in [3.05, 3.63) is 59.9 Å². The van der Waals surface area contributed by atoms with Crippen molar-refractivity contribution in [3.8, 4) is 0 Å². The molecular formula is C19H19F2N3O4S. The van der Waals surface area contributed by atoms with Gasteiger partial charge in [0, 0.05) is 7.05 Å². The van der Waals surface area contributed by atoms with Gasteiger partial charge >= 0.3 is 12.5 Å². The van der Waals surface area contributed by atoms with Gasteiger partial charge in [-0.05, 0) is 43.3 Å². The maximum atomic E-state index is 13.6. The minimum Gasteiger partial charge on any atom is -0.462 e. The highest BCUT2D eigenvalue weighted by atomic mass is 32.2. The summed E-state index contributed by atoms with van der Waals surface area (Å²) in [6.07, 6.45) is 0. The van der Waals surface area contributed by atoms with Crippen LogP contribution in [0, 0.1) is 0 Å². The van der Waals surface area contributed by atoms with Gasteiger partial charge in [-0.1, -0.05) is 12.1 Å². The Labute approximate surface area is 166 Å². The first-order valence-corrected chi connectivity index (χ1v) is 10.2. The number of hydrogen-bond acceptors (Lipinski definition) is 5. The number of sulfonamides is 1. The molecule has 0 N–H and O–H groups in total. The molecule has 0 bridgehead atoms. The molecule has 0 radical (unpaired) electrons. The molecule has 0 unspecified atom stereocenters. The van der Waals surface area contributed by atoms with E-state index in [1.807, 2.05) is 0 Å². The maximum absolute atomic E-state index is 13.6. The lowest BCUT2D eigenvalue weighted by Gasteiger charge is -2.18. The van der Waals surface area contributed by atoms with Crippen LogP contribution in [0.15, 0.2) is 53.4 Å². The molecule has 1 aromatic heterocycles. The van der Waals surface area contributed by atoms with Gasteiger partial charge in [0.15, 0.2) is 0 Å². The highest BCUT2D eigenvalue weighted by molar-refractivity contribution is 7.89. The standard InChI is InChI=1S/C19H19F2N3O4S/c1-3-28-18(25)13-8-10-14(11-9-13)29(26,27)23(2)12-17-22-15-6-4-5-7-16(15)24(17)19(20)21/h4-11,19H,3,12H2,1-2H3. The molecule has 0 atom stereocenters. The lowest BCUT2D eigenvalue weighted by atomic mass is 10.2. The molecule has 0 saturated carbocycles. The summed E-state index contributed by atoms with van der Waals surface area (Å²) in [4.78, 5) is 15.8. The topological polar surface area (TPSA) is 81.5 Å². The Morgan fingerprint density at radius 1 is 1.17 bits per heavy atom. The van der Waals surface area contributed by atoms with E-state index < -0.39 is 22.5 Å². The van der Waals surface area contributed by atoms with Crippen molar-refractivity contribution in [1.29, 1.82) is 0 Å². The molecule has 0 saturated heterocycles. The van der Waals surface area contributed by atoms with Gasteiger partial charge in [0.05, 0.1) is 34.6 Å². The quantitative estimate of drug-likeness (QED) is 0.544. The lowest BCUT2D eigenvalue weighted by Crippen LogP contribution is -2.28. The van der Waals surface area contributed by atoms with Crippen molar-refractivity contribution in [2.45, 2.75) is 24.9 Å². The van der Waals surface area contributed by atoms with Gasteiger partial charge in [-0.3, -0.25) is 4.57 Å². The Morgan fingerprint density at radius 3 is 2.45 bits per heavy atom. The third-order valence-electron chi connectivity index (χ3n) is 4.30. The van der Waals surface area contributed by atoms with E-state index in [2.05, 4.69) is 4.98 Å². The van der Waals surface area contributed by atoms with E-state index in [0.717, 1.165) is 4.31 Å². The fraction of sp³-hybridized carbons (Fsp3) is 0.263. The third-order valence-corrected chi connectivity index (χ3v) is 6.12. The van der Waals surface area contributed by atoms with Crippen LogP contribution in [0.1, 0.15) is 29.7 Å². The number of hydrogen-bond donors (Lipinski definition) is 0. The molecule has 29 heavy (non-hydrogen) atoms. The zero-order chi connectivity index (χ0) is 21.2. The number of nitrogens with zero attached hydrogens (tertiary/aromatic N) is 3. The molecule has 0 aliphatic rings. The van der Waals surface area contributed by atoms with Gasteiger partial charge in [-0.2, -0.15) is 13.1 Å². The summed E-state index contributed by atoms with van der Waals surface area (Å²) < 4.78 is 59.3. The van der Waals surface area contributed by atoms with E-state index in [4.69, 9.17) is 4.74 Å². The normalized spacial score (nSPS) is 12.1. The summed E-state index contributed by atoms with van der Waals surface area (Å²) in [5.74, 6) is -0.633. The molecular weight excluding hydrogens is 404 g/mol. The largest absolute Gasteiger partial charge is 0.462 e.